The van der Waals surface area contributed by atoms with Crippen LogP contribution in [0.25, 0.3) is 0 Å². The molecule has 130 valence electrons. The maximum atomic E-state index is 11.8. The van der Waals surface area contributed by atoms with Crippen LogP contribution < -0.4 is 4.74 Å². The van der Waals surface area contributed by atoms with Gasteiger partial charge in [-0.3, -0.25) is 9.55 Å². The molecule has 0 aliphatic carbocycles. The van der Waals surface area contributed by atoms with Gasteiger partial charge in [0, 0.05) is 6.20 Å². The fourth-order valence-corrected chi connectivity index (χ4v) is 4.90. The van der Waals surface area contributed by atoms with Crippen molar-refractivity contribution in [2.45, 2.75) is 32.1 Å². The molecule has 2 rings (SSSR count). The molecule has 2 aromatic rings. The summed E-state index contributed by atoms with van der Waals surface area (Å²) in [4.78, 5) is 23.3. The molecular formula is C16H22NO5PSi. The van der Waals surface area contributed by atoms with Gasteiger partial charge in [-0.15, -0.1) is 0 Å². The molecule has 1 atom stereocenters. The number of rotatable bonds is 7. The van der Waals surface area contributed by atoms with E-state index in [1.54, 1.807) is 30.5 Å². The Bertz CT molecular complexity index is 697. The van der Waals surface area contributed by atoms with Gasteiger partial charge < -0.3 is 18.9 Å². The first-order valence-corrected chi connectivity index (χ1v) is 12.6. The first-order chi connectivity index (χ1) is 11.1. The van der Waals surface area contributed by atoms with E-state index >= 15 is 0 Å². The van der Waals surface area contributed by atoms with Crippen molar-refractivity contribution in [3.63, 3.8) is 0 Å². The van der Waals surface area contributed by atoms with Gasteiger partial charge in [0.2, 0.25) is 0 Å². The lowest BCUT2D eigenvalue weighted by molar-refractivity contribution is 0.220. The molecule has 0 radical (unpaired) electrons. The van der Waals surface area contributed by atoms with Crippen LogP contribution in [0.4, 0.5) is 0 Å². The van der Waals surface area contributed by atoms with Crippen LogP contribution in [0, 0.1) is 0 Å². The van der Waals surface area contributed by atoms with Crippen molar-refractivity contribution in [2.75, 3.05) is 0 Å². The van der Waals surface area contributed by atoms with E-state index in [-0.39, 0.29) is 0 Å². The Balaban J connectivity index is 2.10. The third-order valence-corrected chi connectivity index (χ3v) is 5.20. The van der Waals surface area contributed by atoms with E-state index in [9.17, 15) is 14.4 Å². The second-order valence-corrected chi connectivity index (χ2v) is 12.5. The highest BCUT2D eigenvalue weighted by Gasteiger charge is 2.35. The summed E-state index contributed by atoms with van der Waals surface area (Å²) in [5.74, 6) is -0.643. The molecule has 1 heterocycles. The minimum Gasteiger partial charge on any atom is -0.487 e. The van der Waals surface area contributed by atoms with Crippen LogP contribution in [0.2, 0.25) is 19.6 Å². The highest BCUT2D eigenvalue weighted by molar-refractivity contribution is 7.52. The molecule has 0 aliphatic rings. The summed E-state index contributed by atoms with van der Waals surface area (Å²) in [6.45, 7) is 5.99. The second-order valence-electron chi connectivity index (χ2n) is 6.35. The summed E-state index contributed by atoms with van der Waals surface area (Å²) >= 11 is 0. The SMILES string of the molecule is C[Si](C)(C)OC(c1ccc(OCc2ccccn2)cc1)P(=O)(O)O. The Morgan fingerprint density at radius 3 is 2.29 bits per heavy atom. The second kappa shape index (κ2) is 7.59. The van der Waals surface area contributed by atoms with Gasteiger partial charge in [-0.05, 0) is 49.5 Å². The summed E-state index contributed by atoms with van der Waals surface area (Å²) < 4.78 is 23.1. The minimum atomic E-state index is -4.41. The average Bonchev–Trinajstić information content (AvgIpc) is 2.50. The van der Waals surface area contributed by atoms with E-state index < -0.39 is 21.8 Å². The number of nitrogens with zero attached hydrogens (tertiary/aromatic N) is 1. The van der Waals surface area contributed by atoms with Crippen LogP contribution in [-0.2, 0) is 15.6 Å². The van der Waals surface area contributed by atoms with Crippen molar-refractivity contribution in [1.29, 1.82) is 0 Å². The normalized spacial score (nSPS) is 13.5. The Hall–Kier alpha value is -1.50. The molecule has 0 spiro atoms. The smallest absolute Gasteiger partial charge is 0.357 e. The number of hydrogen-bond donors (Lipinski definition) is 2. The fourth-order valence-electron chi connectivity index (χ4n) is 2.04. The molecule has 1 aromatic heterocycles. The van der Waals surface area contributed by atoms with Gasteiger partial charge in [-0.25, -0.2) is 0 Å². The van der Waals surface area contributed by atoms with Gasteiger partial charge in [-0.1, -0.05) is 18.2 Å². The lowest BCUT2D eigenvalue weighted by Gasteiger charge is -2.27. The van der Waals surface area contributed by atoms with E-state index in [4.69, 9.17) is 9.16 Å². The Morgan fingerprint density at radius 2 is 1.79 bits per heavy atom. The molecule has 24 heavy (non-hydrogen) atoms. The number of aromatic nitrogens is 1. The maximum absolute atomic E-state index is 11.8. The molecule has 0 saturated heterocycles. The van der Waals surface area contributed by atoms with E-state index in [2.05, 4.69) is 4.98 Å². The van der Waals surface area contributed by atoms with Crippen LogP contribution in [-0.4, -0.2) is 23.1 Å². The third kappa shape index (κ3) is 5.85. The molecule has 2 N–H and O–H groups in total. The van der Waals surface area contributed by atoms with E-state index in [1.165, 1.54) is 0 Å². The number of benzene rings is 1. The highest BCUT2D eigenvalue weighted by Crippen LogP contribution is 2.53. The van der Waals surface area contributed by atoms with Crippen LogP contribution >= 0.6 is 7.60 Å². The minimum absolute atomic E-state index is 0.327. The molecule has 1 unspecified atom stereocenters. The van der Waals surface area contributed by atoms with Crippen molar-refractivity contribution in [3.8, 4) is 5.75 Å². The largest absolute Gasteiger partial charge is 0.487 e. The summed E-state index contributed by atoms with van der Waals surface area (Å²) in [6.07, 6.45) is 1.69. The predicted octanol–water partition coefficient (Wildman–Crippen LogP) is 3.69. The van der Waals surface area contributed by atoms with Crippen molar-refractivity contribution in [3.05, 3.63) is 59.9 Å². The Morgan fingerprint density at radius 1 is 1.12 bits per heavy atom. The molecule has 0 saturated carbocycles. The molecule has 6 nitrogen and oxygen atoms in total. The number of pyridine rings is 1. The van der Waals surface area contributed by atoms with Crippen molar-refractivity contribution in [1.82, 2.24) is 4.98 Å². The van der Waals surface area contributed by atoms with Gasteiger partial charge in [0.25, 0.3) is 0 Å². The molecule has 0 aliphatic heterocycles. The predicted molar refractivity (Wildman–Crippen MR) is 94.2 cm³/mol. The summed E-state index contributed by atoms with van der Waals surface area (Å²) in [7, 11) is -6.53. The van der Waals surface area contributed by atoms with Crippen LogP contribution in [0.15, 0.2) is 48.7 Å². The van der Waals surface area contributed by atoms with E-state index in [0.29, 0.717) is 17.9 Å². The molecule has 0 fully saturated rings. The molecule has 0 amide bonds. The third-order valence-electron chi connectivity index (χ3n) is 3.05. The zero-order chi connectivity index (χ0) is 17.8. The lowest BCUT2D eigenvalue weighted by atomic mass is 10.2. The molecule has 1 aromatic carbocycles. The Labute approximate surface area is 142 Å². The van der Waals surface area contributed by atoms with E-state index in [1.807, 2.05) is 37.8 Å². The van der Waals surface area contributed by atoms with E-state index in [0.717, 1.165) is 5.69 Å². The topological polar surface area (TPSA) is 88.9 Å². The van der Waals surface area contributed by atoms with Crippen LogP contribution in [0.1, 0.15) is 17.1 Å². The van der Waals surface area contributed by atoms with Gasteiger partial charge in [0.05, 0.1) is 5.69 Å². The number of ether oxygens (including phenoxy) is 1. The highest BCUT2D eigenvalue weighted by atomic mass is 31.2. The van der Waals surface area contributed by atoms with Crippen molar-refractivity contribution < 1.29 is 23.5 Å². The number of hydrogen-bond acceptors (Lipinski definition) is 4. The van der Waals surface area contributed by atoms with Crippen LogP contribution in [0.3, 0.4) is 0 Å². The molecule has 8 heteroatoms. The lowest BCUT2D eigenvalue weighted by Crippen LogP contribution is -2.28. The average molecular weight is 367 g/mol. The Kier molecular flexibility index (Phi) is 5.95. The summed E-state index contributed by atoms with van der Waals surface area (Å²) in [5.41, 5.74) is 1.24. The van der Waals surface area contributed by atoms with Crippen LogP contribution in [0.5, 0.6) is 5.75 Å². The van der Waals surface area contributed by atoms with Gasteiger partial charge >= 0.3 is 7.60 Å². The van der Waals surface area contributed by atoms with Gasteiger partial charge in [-0.2, -0.15) is 0 Å². The quantitative estimate of drug-likeness (QED) is 0.573. The maximum Gasteiger partial charge on any atom is 0.357 e. The monoisotopic (exact) mass is 367 g/mol. The fraction of sp³-hybridized carbons (Fsp3) is 0.312. The summed E-state index contributed by atoms with van der Waals surface area (Å²) in [6, 6.07) is 12.2. The standard InChI is InChI=1S/C16H22NO5PSi/c1-24(2,3)22-16(23(18,19)20)13-7-9-15(10-8-13)21-12-14-6-4-5-11-17-14/h4-11,16H,12H2,1-3H3,(H2,18,19,20). The van der Waals surface area contributed by atoms with Gasteiger partial charge in [0.1, 0.15) is 12.4 Å². The van der Waals surface area contributed by atoms with Crippen molar-refractivity contribution >= 4 is 15.9 Å². The molecule has 0 bridgehead atoms. The molecular weight excluding hydrogens is 345 g/mol. The first-order valence-electron chi connectivity index (χ1n) is 7.51. The summed E-state index contributed by atoms with van der Waals surface area (Å²) in [5, 5.41) is 0. The first kappa shape index (κ1) is 18.8. The van der Waals surface area contributed by atoms with Gasteiger partial charge in [0.15, 0.2) is 14.2 Å². The van der Waals surface area contributed by atoms with Crippen molar-refractivity contribution in [2.24, 2.45) is 0 Å². The zero-order valence-electron chi connectivity index (χ0n) is 13.9. The zero-order valence-corrected chi connectivity index (χ0v) is 15.8.